The van der Waals surface area contributed by atoms with E-state index in [1.807, 2.05) is 16.7 Å². The second-order valence-electron chi connectivity index (χ2n) is 7.56. The maximum atomic E-state index is 12.8. The second-order valence-corrected chi connectivity index (χ2v) is 7.56. The van der Waals surface area contributed by atoms with Crippen molar-refractivity contribution in [3.8, 4) is 0 Å². The average molecular weight is 333 g/mol. The first-order valence-corrected chi connectivity index (χ1v) is 9.54. The van der Waals surface area contributed by atoms with Crippen molar-refractivity contribution in [1.82, 2.24) is 14.7 Å². The summed E-state index contributed by atoms with van der Waals surface area (Å²) in [6, 6.07) is 0.393. The van der Waals surface area contributed by atoms with Gasteiger partial charge in [-0.2, -0.15) is 0 Å². The second kappa shape index (κ2) is 7.68. The van der Waals surface area contributed by atoms with E-state index >= 15 is 0 Å². The Labute approximate surface area is 145 Å². The van der Waals surface area contributed by atoms with Gasteiger partial charge in [-0.25, -0.2) is 0 Å². The fraction of sp³-hybridized carbons (Fsp3) is 0.789. The average Bonchev–Trinajstić information content (AvgIpc) is 3.44. The first-order chi connectivity index (χ1) is 11.6. The van der Waals surface area contributed by atoms with Crippen molar-refractivity contribution in [3.05, 3.63) is 11.6 Å². The van der Waals surface area contributed by atoms with Crippen LogP contribution in [0.25, 0.3) is 0 Å². The van der Waals surface area contributed by atoms with Crippen LogP contribution in [0.5, 0.6) is 0 Å². The van der Waals surface area contributed by atoms with E-state index in [9.17, 15) is 9.59 Å². The topological polar surface area (TPSA) is 43.9 Å². The summed E-state index contributed by atoms with van der Waals surface area (Å²) < 4.78 is 0. The molecule has 5 heteroatoms. The van der Waals surface area contributed by atoms with E-state index in [-0.39, 0.29) is 17.9 Å². The molecule has 24 heavy (non-hydrogen) atoms. The van der Waals surface area contributed by atoms with Crippen molar-refractivity contribution in [2.45, 2.75) is 64.5 Å². The van der Waals surface area contributed by atoms with Crippen molar-refractivity contribution >= 4 is 11.8 Å². The summed E-state index contributed by atoms with van der Waals surface area (Å²) in [4.78, 5) is 30.9. The lowest BCUT2D eigenvalue weighted by Gasteiger charge is -2.37. The van der Waals surface area contributed by atoms with Gasteiger partial charge in [0.05, 0.1) is 6.04 Å². The molecule has 0 aromatic heterocycles. The zero-order chi connectivity index (χ0) is 17.1. The van der Waals surface area contributed by atoms with Crippen molar-refractivity contribution in [1.29, 1.82) is 0 Å². The number of likely N-dealkylation sites (tertiary alicyclic amines) is 1. The molecular weight excluding hydrogens is 302 g/mol. The maximum absolute atomic E-state index is 12.8. The molecule has 1 saturated carbocycles. The normalized spacial score (nSPS) is 23.6. The first kappa shape index (κ1) is 17.5. The van der Waals surface area contributed by atoms with Gasteiger partial charge in [-0.1, -0.05) is 6.08 Å². The third-order valence-electron chi connectivity index (χ3n) is 5.59. The third kappa shape index (κ3) is 4.18. The number of carbonyl (C=O) groups is 2. The van der Waals surface area contributed by atoms with Gasteiger partial charge in [0, 0.05) is 45.7 Å². The molecule has 3 aliphatic rings. The molecule has 0 aromatic rings. The molecular formula is C19H31N3O2. The summed E-state index contributed by atoms with van der Waals surface area (Å²) in [5.74, 6) is 0.453. The maximum Gasteiger partial charge on any atom is 0.239 e. The molecule has 1 saturated heterocycles. The zero-order valence-electron chi connectivity index (χ0n) is 15.2. The van der Waals surface area contributed by atoms with Gasteiger partial charge in [0.15, 0.2) is 0 Å². The van der Waals surface area contributed by atoms with Crippen LogP contribution in [0.1, 0.15) is 52.4 Å². The zero-order valence-corrected chi connectivity index (χ0v) is 15.2. The van der Waals surface area contributed by atoms with Crippen molar-refractivity contribution in [3.63, 3.8) is 0 Å². The van der Waals surface area contributed by atoms with Crippen molar-refractivity contribution < 1.29 is 9.59 Å². The molecule has 5 nitrogen and oxygen atoms in total. The third-order valence-corrected chi connectivity index (χ3v) is 5.59. The Hall–Kier alpha value is -1.36. The SMILES string of the molecule is CC(=O)N(CC1=CCCN(C(C)C(=O)N2CCCCC2)C1)C1CC1. The van der Waals surface area contributed by atoms with Crippen LogP contribution in [0.15, 0.2) is 11.6 Å². The fourth-order valence-corrected chi connectivity index (χ4v) is 3.92. The Kier molecular flexibility index (Phi) is 5.59. The molecule has 0 radical (unpaired) electrons. The molecule has 0 N–H and O–H groups in total. The van der Waals surface area contributed by atoms with E-state index in [1.165, 1.54) is 12.0 Å². The number of hydrogen-bond donors (Lipinski definition) is 0. The van der Waals surface area contributed by atoms with E-state index in [1.54, 1.807) is 6.92 Å². The minimum absolute atomic E-state index is 0.0569. The number of nitrogens with zero attached hydrogens (tertiary/aromatic N) is 3. The molecule has 134 valence electrons. The molecule has 0 aromatic carbocycles. The minimum atomic E-state index is -0.0569. The van der Waals surface area contributed by atoms with Gasteiger partial charge < -0.3 is 9.80 Å². The highest BCUT2D eigenvalue weighted by molar-refractivity contribution is 5.81. The van der Waals surface area contributed by atoms with Crippen LogP contribution in [0.3, 0.4) is 0 Å². The highest BCUT2D eigenvalue weighted by atomic mass is 16.2. The Morgan fingerprint density at radius 2 is 1.92 bits per heavy atom. The molecule has 2 aliphatic heterocycles. The molecule has 1 atom stereocenters. The first-order valence-electron chi connectivity index (χ1n) is 9.54. The van der Waals surface area contributed by atoms with Gasteiger partial charge in [-0.15, -0.1) is 0 Å². The summed E-state index contributed by atoms with van der Waals surface area (Å²) in [7, 11) is 0. The molecule has 1 unspecified atom stereocenters. The standard InChI is InChI=1S/C19H31N3O2/c1-15(19(24)20-10-4-3-5-11-20)21-12-6-7-17(13-21)14-22(16(2)23)18-8-9-18/h7,15,18H,3-6,8-14H2,1-2H3. The van der Waals surface area contributed by atoms with Crippen molar-refractivity contribution in [2.75, 3.05) is 32.7 Å². The summed E-state index contributed by atoms with van der Waals surface area (Å²) in [5, 5.41) is 0. The predicted octanol–water partition coefficient (Wildman–Crippen LogP) is 2.03. The highest BCUT2D eigenvalue weighted by Crippen LogP contribution is 2.28. The largest absolute Gasteiger partial charge is 0.341 e. The monoisotopic (exact) mass is 333 g/mol. The van der Waals surface area contributed by atoms with Crippen LogP contribution in [0, 0.1) is 0 Å². The van der Waals surface area contributed by atoms with Crippen LogP contribution in [-0.4, -0.2) is 71.3 Å². The van der Waals surface area contributed by atoms with Crippen molar-refractivity contribution in [2.24, 2.45) is 0 Å². The van der Waals surface area contributed by atoms with Gasteiger partial charge >= 0.3 is 0 Å². The molecule has 0 spiro atoms. The molecule has 0 bridgehead atoms. The van der Waals surface area contributed by atoms with Gasteiger partial charge in [0.2, 0.25) is 11.8 Å². The lowest BCUT2D eigenvalue weighted by atomic mass is 10.1. The number of carbonyl (C=O) groups excluding carboxylic acids is 2. The number of rotatable bonds is 5. The van der Waals surface area contributed by atoms with E-state index in [0.29, 0.717) is 6.04 Å². The quantitative estimate of drug-likeness (QED) is 0.723. The lowest BCUT2D eigenvalue weighted by Crippen LogP contribution is -2.50. The van der Waals surface area contributed by atoms with E-state index in [4.69, 9.17) is 0 Å². The molecule has 2 fully saturated rings. The highest BCUT2D eigenvalue weighted by Gasteiger charge is 2.33. The van der Waals surface area contributed by atoms with Crippen LogP contribution in [-0.2, 0) is 9.59 Å². The van der Waals surface area contributed by atoms with Gasteiger partial charge in [-0.3, -0.25) is 14.5 Å². The summed E-state index contributed by atoms with van der Waals surface area (Å²) in [6.07, 6.45) is 9.05. The van der Waals surface area contributed by atoms with E-state index in [2.05, 4.69) is 11.0 Å². The molecule has 2 amide bonds. The fourth-order valence-electron chi connectivity index (χ4n) is 3.92. The van der Waals surface area contributed by atoms with Gasteiger partial charge in [0.25, 0.3) is 0 Å². The van der Waals surface area contributed by atoms with Gasteiger partial charge in [-0.05, 0) is 51.0 Å². The van der Waals surface area contributed by atoms with Crippen LogP contribution < -0.4 is 0 Å². The van der Waals surface area contributed by atoms with Crippen LogP contribution >= 0.6 is 0 Å². The molecule has 3 rings (SSSR count). The van der Waals surface area contributed by atoms with E-state index < -0.39 is 0 Å². The Bertz CT molecular complexity index is 507. The van der Waals surface area contributed by atoms with Crippen LogP contribution in [0.4, 0.5) is 0 Å². The minimum Gasteiger partial charge on any atom is -0.341 e. The summed E-state index contributed by atoms with van der Waals surface area (Å²) in [6.45, 7) is 8.04. The molecule has 1 aliphatic carbocycles. The van der Waals surface area contributed by atoms with Crippen LogP contribution in [0.2, 0.25) is 0 Å². The number of amides is 2. The lowest BCUT2D eigenvalue weighted by molar-refractivity contribution is -0.137. The van der Waals surface area contributed by atoms with E-state index in [0.717, 1.165) is 64.8 Å². The number of piperidine rings is 1. The Balaban J connectivity index is 1.56. The summed E-state index contributed by atoms with van der Waals surface area (Å²) >= 11 is 0. The summed E-state index contributed by atoms with van der Waals surface area (Å²) in [5.41, 5.74) is 1.29. The number of hydrogen-bond acceptors (Lipinski definition) is 3. The Morgan fingerprint density at radius 1 is 1.21 bits per heavy atom. The molecule has 2 heterocycles. The van der Waals surface area contributed by atoms with Gasteiger partial charge in [0.1, 0.15) is 0 Å². The Morgan fingerprint density at radius 3 is 2.54 bits per heavy atom. The smallest absolute Gasteiger partial charge is 0.239 e. The predicted molar refractivity (Wildman–Crippen MR) is 94.6 cm³/mol.